The van der Waals surface area contributed by atoms with Crippen molar-refractivity contribution in [3.05, 3.63) is 16.9 Å². The lowest BCUT2D eigenvalue weighted by molar-refractivity contribution is -0.108. The van der Waals surface area contributed by atoms with Crippen molar-refractivity contribution in [1.29, 1.82) is 0 Å². The quantitative estimate of drug-likeness (QED) is 0.647. The first-order valence-electron chi connectivity index (χ1n) is 3.37. The van der Waals surface area contributed by atoms with Crippen molar-refractivity contribution in [2.45, 2.75) is 19.9 Å². The van der Waals surface area contributed by atoms with Gasteiger partial charge in [-0.15, -0.1) is 0 Å². The Balaban J connectivity index is 2.64. The molecule has 0 fully saturated rings. The van der Waals surface area contributed by atoms with Crippen LogP contribution in [0.3, 0.4) is 0 Å². The Kier molecular flexibility index (Phi) is 2.65. The number of rotatable bonds is 3. The Labute approximate surface area is 70.0 Å². The Bertz CT molecular complexity index is 237. The van der Waals surface area contributed by atoms with Crippen LogP contribution in [0.1, 0.15) is 12.1 Å². The van der Waals surface area contributed by atoms with Crippen LogP contribution in [-0.4, -0.2) is 16.1 Å². The van der Waals surface area contributed by atoms with Crippen LogP contribution in [0.2, 0.25) is 5.02 Å². The predicted molar refractivity (Wildman–Crippen MR) is 42.7 cm³/mol. The summed E-state index contributed by atoms with van der Waals surface area (Å²) in [6, 6.07) is 0. The Morgan fingerprint density at radius 2 is 2.55 bits per heavy atom. The first kappa shape index (κ1) is 8.27. The molecule has 11 heavy (non-hydrogen) atoms. The van der Waals surface area contributed by atoms with Crippen LogP contribution < -0.4 is 0 Å². The van der Waals surface area contributed by atoms with Crippen molar-refractivity contribution in [2.75, 3.05) is 0 Å². The zero-order chi connectivity index (χ0) is 8.27. The molecule has 1 rings (SSSR count). The maximum atomic E-state index is 10.00. The van der Waals surface area contributed by atoms with Gasteiger partial charge in [0.25, 0.3) is 0 Å². The van der Waals surface area contributed by atoms with Crippen molar-refractivity contribution >= 4 is 17.9 Å². The molecule has 1 heterocycles. The SMILES string of the molecule is Cc1nn(CCC=O)cc1Cl. The molecule has 0 aliphatic carbocycles. The van der Waals surface area contributed by atoms with Crippen LogP contribution in [0.25, 0.3) is 0 Å². The average molecular weight is 173 g/mol. The van der Waals surface area contributed by atoms with E-state index in [0.717, 1.165) is 12.0 Å². The fourth-order valence-electron chi connectivity index (χ4n) is 0.793. The first-order valence-corrected chi connectivity index (χ1v) is 3.75. The zero-order valence-corrected chi connectivity index (χ0v) is 7.01. The van der Waals surface area contributed by atoms with Crippen molar-refractivity contribution in [3.8, 4) is 0 Å². The lowest BCUT2D eigenvalue weighted by Gasteiger charge is -1.93. The van der Waals surface area contributed by atoms with Crippen LogP contribution in [0.15, 0.2) is 6.20 Å². The minimum Gasteiger partial charge on any atom is -0.303 e. The van der Waals surface area contributed by atoms with Gasteiger partial charge in [0, 0.05) is 19.2 Å². The summed E-state index contributed by atoms with van der Waals surface area (Å²) in [6.45, 7) is 2.44. The van der Waals surface area contributed by atoms with E-state index in [9.17, 15) is 4.79 Å². The highest BCUT2D eigenvalue weighted by molar-refractivity contribution is 6.31. The lowest BCUT2D eigenvalue weighted by atomic mass is 10.5. The van der Waals surface area contributed by atoms with Gasteiger partial charge in [-0.05, 0) is 6.92 Å². The number of hydrogen-bond acceptors (Lipinski definition) is 2. The molecule has 0 aliphatic heterocycles. The molecule has 0 bridgehead atoms. The van der Waals surface area contributed by atoms with Gasteiger partial charge in [-0.1, -0.05) is 11.6 Å². The van der Waals surface area contributed by atoms with Crippen molar-refractivity contribution < 1.29 is 4.79 Å². The summed E-state index contributed by atoms with van der Waals surface area (Å²) in [5.41, 5.74) is 0.803. The molecule has 0 N–H and O–H groups in total. The lowest BCUT2D eigenvalue weighted by Crippen LogP contribution is -1.98. The maximum absolute atomic E-state index is 10.00. The molecule has 0 atom stereocenters. The third-order valence-electron chi connectivity index (χ3n) is 1.36. The summed E-state index contributed by atoms with van der Waals surface area (Å²) >= 11 is 5.74. The van der Waals surface area contributed by atoms with Crippen LogP contribution in [-0.2, 0) is 11.3 Å². The van der Waals surface area contributed by atoms with Crippen LogP contribution >= 0.6 is 11.6 Å². The van der Waals surface area contributed by atoms with E-state index in [0.29, 0.717) is 18.0 Å². The number of carbonyl (C=O) groups excluding carboxylic acids is 1. The second-order valence-corrected chi connectivity index (χ2v) is 2.69. The number of aromatic nitrogens is 2. The monoisotopic (exact) mass is 172 g/mol. The number of nitrogens with zero attached hydrogens (tertiary/aromatic N) is 2. The van der Waals surface area contributed by atoms with Gasteiger partial charge in [0.15, 0.2) is 0 Å². The minimum atomic E-state index is 0.484. The largest absolute Gasteiger partial charge is 0.303 e. The molecule has 4 heteroatoms. The molecule has 0 saturated carbocycles. The van der Waals surface area contributed by atoms with Gasteiger partial charge in [0.1, 0.15) is 6.29 Å². The Morgan fingerprint density at radius 1 is 1.82 bits per heavy atom. The van der Waals surface area contributed by atoms with Gasteiger partial charge in [-0.25, -0.2) is 0 Å². The van der Waals surface area contributed by atoms with Gasteiger partial charge in [-0.2, -0.15) is 5.10 Å². The third-order valence-corrected chi connectivity index (χ3v) is 1.73. The number of hydrogen-bond donors (Lipinski definition) is 0. The summed E-state index contributed by atoms with van der Waals surface area (Å²) in [5, 5.41) is 4.72. The Hall–Kier alpha value is -0.830. The van der Waals surface area contributed by atoms with E-state index in [1.165, 1.54) is 0 Å². The smallest absolute Gasteiger partial charge is 0.121 e. The molecule has 0 saturated heterocycles. The average Bonchev–Trinajstić information content (AvgIpc) is 2.28. The van der Waals surface area contributed by atoms with Crippen molar-refractivity contribution in [3.63, 3.8) is 0 Å². The highest BCUT2D eigenvalue weighted by Crippen LogP contribution is 2.11. The number of aryl methyl sites for hydroxylation is 2. The van der Waals surface area contributed by atoms with E-state index in [1.54, 1.807) is 10.9 Å². The second kappa shape index (κ2) is 3.53. The number of aldehydes is 1. The molecule has 0 spiro atoms. The van der Waals surface area contributed by atoms with Crippen LogP contribution in [0.4, 0.5) is 0 Å². The van der Waals surface area contributed by atoms with Gasteiger partial charge in [0.05, 0.1) is 10.7 Å². The fraction of sp³-hybridized carbons (Fsp3) is 0.429. The molecular weight excluding hydrogens is 164 g/mol. The number of carbonyl (C=O) groups is 1. The molecule has 1 aromatic rings. The normalized spacial score (nSPS) is 10.0. The maximum Gasteiger partial charge on any atom is 0.121 e. The van der Waals surface area contributed by atoms with Gasteiger partial charge in [-0.3, -0.25) is 4.68 Å². The number of halogens is 1. The summed E-state index contributed by atoms with van der Waals surface area (Å²) in [6.07, 6.45) is 3.07. The van der Waals surface area contributed by atoms with E-state index >= 15 is 0 Å². The summed E-state index contributed by atoms with van der Waals surface area (Å²) in [4.78, 5) is 10.00. The van der Waals surface area contributed by atoms with E-state index < -0.39 is 0 Å². The van der Waals surface area contributed by atoms with Crippen LogP contribution in [0, 0.1) is 6.92 Å². The predicted octanol–water partition coefficient (Wildman–Crippen LogP) is 1.43. The third kappa shape index (κ3) is 2.05. The van der Waals surface area contributed by atoms with Crippen molar-refractivity contribution in [2.24, 2.45) is 0 Å². The van der Waals surface area contributed by atoms with Gasteiger partial charge >= 0.3 is 0 Å². The van der Waals surface area contributed by atoms with E-state index in [1.807, 2.05) is 6.92 Å². The van der Waals surface area contributed by atoms with Gasteiger partial charge < -0.3 is 4.79 Å². The molecule has 0 amide bonds. The van der Waals surface area contributed by atoms with E-state index in [-0.39, 0.29) is 0 Å². The van der Waals surface area contributed by atoms with E-state index in [4.69, 9.17) is 11.6 Å². The minimum absolute atomic E-state index is 0.484. The summed E-state index contributed by atoms with van der Waals surface area (Å²) < 4.78 is 1.67. The first-order chi connectivity index (χ1) is 5.24. The van der Waals surface area contributed by atoms with Crippen LogP contribution in [0.5, 0.6) is 0 Å². The summed E-state index contributed by atoms with van der Waals surface area (Å²) in [7, 11) is 0. The standard InChI is InChI=1S/C7H9ClN2O/c1-6-7(8)5-10(9-6)3-2-4-11/h4-5H,2-3H2,1H3. The topological polar surface area (TPSA) is 34.9 Å². The van der Waals surface area contributed by atoms with Crippen molar-refractivity contribution in [1.82, 2.24) is 9.78 Å². The van der Waals surface area contributed by atoms with Gasteiger partial charge in [0.2, 0.25) is 0 Å². The molecule has 3 nitrogen and oxygen atoms in total. The Morgan fingerprint density at radius 3 is 3.00 bits per heavy atom. The zero-order valence-electron chi connectivity index (χ0n) is 6.25. The molecule has 0 aliphatic rings. The fourth-order valence-corrected chi connectivity index (χ4v) is 0.944. The molecule has 60 valence electrons. The molecule has 0 radical (unpaired) electrons. The highest BCUT2D eigenvalue weighted by atomic mass is 35.5. The molecule has 0 unspecified atom stereocenters. The molecule has 1 aromatic heterocycles. The molecule has 0 aromatic carbocycles. The molecular formula is C7H9ClN2O. The summed E-state index contributed by atoms with van der Waals surface area (Å²) in [5.74, 6) is 0. The van der Waals surface area contributed by atoms with E-state index in [2.05, 4.69) is 5.10 Å². The highest BCUT2D eigenvalue weighted by Gasteiger charge is 1.99. The second-order valence-electron chi connectivity index (χ2n) is 2.28.